The Morgan fingerprint density at radius 3 is 2.07 bits per heavy atom. The zero-order valence-corrected chi connectivity index (χ0v) is 8.34. The van der Waals surface area contributed by atoms with Crippen LogP contribution in [0, 0.1) is 0 Å². The van der Waals surface area contributed by atoms with Crippen LogP contribution in [0.3, 0.4) is 0 Å². The van der Waals surface area contributed by atoms with Crippen LogP contribution in [0.1, 0.15) is 10.4 Å². The fraction of sp³-hybridized carbons (Fsp3) is 0. The molecule has 0 aromatic heterocycles. The summed E-state index contributed by atoms with van der Waals surface area (Å²) in [5, 5.41) is 8.54. The summed E-state index contributed by atoms with van der Waals surface area (Å²) >= 11 is 4.98. The van der Waals surface area contributed by atoms with Crippen molar-refractivity contribution in [2.45, 2.75) is 4.90 Å². The molecule has 0 saturated carbocycles. The summed E-state index contributed by atoms with van der Waals surface area (Å²) in [7, 11) is -3.72. The van der Waals surface area contributed by atoms with Crippen molar-refractivity contribution < 1.29 is 18.3 Å². The van der Waals surface area contributed by atoms with E-state index >= 15 is 0 Å². The first-order chi connectivity index (χ1) is 6.47. The summed E-state index contributed by atoms with van der Waals surface area (Å²) in [5.74, 6) is -1.12. The molecule has 1 aromatic rings. The SMILES string of the molecule is O=C(O)c1ccc(S(=O)(=O)NCl)cc1.[NaH]. The summed E-state index contributed by atoms with van der Waals surface area (Å²) < 4.78 is 23.8. The second-order valence-electron chi connectivity index (χ2n) is 2.41. The van der Waals surface area contributed by atoms with Crippen LogP contribution in [0.2, 0.25) is 0 Å². The molecule has 0 aliphatic rings. The van der Waals surface area contributed by atoms with E-state index in [1.54, 1.807) is 4.24 Å². The Morgan fingerprint density at radius 1 is 1.27 bits per heavy atom. The number of hydrogen-bond acceptors (Lipinski definition) is 3. The van der Waals surface area contributed by atoms with Crippen molar-refractivity contribution in [3.05, 3.63) is 29.8 Å². The van der Waals surface area contributed by atoms with Crippen molar-refractivity contribution in [3.8, 4) is 0 Å². The molecule has 78 valence electrons. The molecule has 8 heteroatoms. The zero-order chi connectivity index (χ0) is 10.8. The molecular weight excluding hydrogens is 253 g/mol. The van der Waals surface area contributed by atoms with Gasteiger partial charge in [0.25, 0.3) is 10.0 Å². The van der Waals surface area contributed by atoms with Gasteiger partial charge in [-0.1, -0.05) is 0 Å². The number of hydrogen-bond donors (Lipinski definition) is 2. The minimum absolute atomic E-state index is 0. The Kier molecular flexibility index (Phi) is 5.79. The van der Waals surface area contributed by atoms with Gasteiger partial charge >= 0.3 is 35.5 Å². The summed E-state index contributed by atoms with van der Waals surface area (Å²) in [5.41, 5.74) is 0.0125. The second kappa shape index (κ2) is 5.83. The normalized spacial score (nSPS) is 10.5. The molecule has 0 fully saturated rings. The van der Waals surface area contributed by atoms with E-state index in [1.165, 1.54) is 12.1 Å². The number of rotatable bonds is 3. The third kappa shape index (κ3) is 3.75. The van der Waals surface area contributed by atoms with E-state index < -0.39 is 16.0 Å². The van der Waals surface area contributed by atoms with E-state index in [2.05, 4.69) is 0 Å². The number of aromatic carboxylic acids is 1. The number of nitrogens with one attached hydrogen (secondary N) is 1. The number of carbonyl (C=O) groups is 1. The van der Waals surface area contributed by atoms with Crippen LogP contribution in [0.15, 0.2) is 29.2 Å². The summed E-state index contributed by atoms with van der Waals surface area (Å²) in [4.78, 5) is 10.4. The molecule has 0 heterocycles. The number of carboxylic acid groups (broad SMARTS) is 1. The first-order valence-corrected chi connectivity index (χ1v) is 5.29. The van der Waals surface area contributed by atoms with Crippen LogP contribution in [0.4, 0.5) is 0 Å². The Morgan fingerprint density at radius 2 is 1.73 bits per heavy atom. The summed E-state index contributed by atoms with van der Waals surface area (Å²) in [6.07, 6.45) is 0. The van der Waals surface area contributed by atoms with Crippen molar-refractivity contribution in [2.24, 2.45) is 0 Å². The van der Waals surface area contributed by atoms with Crippen LogP contribution in [0.5, 0.6) is 0 Å². The van der Waals surface area contributed by atoms with Gasteiger partial charge in [-0.3, -0.25) is 0 Å². The average molecular weight is 260 g/mol. The van der Waals surface area contributed by atoms with Crippen LogP contribution in [-0.4, -0.2) is 49.1 Å². The van der Waals surface area contributed by atoms with E-state index in [1.807, 2.05) is 0 Å². The molecule has 0 amide bonds. The number of halogens is 1. The molecule has 1 rings (SSSR count). The Hall–Kier alpha value is -0.110. The minimum atomic E-state index is -3.72. The van der Waals surface area contributed by atoms with Crippen LogP contribution in [0.25, 0.3) is 0 Å². The maximum atomic E-state index is 11.1. The van der Waals surface area contributed by atoms with Crippen molar-refractivity contribution in [3.63, 3.8) is 0 Å². The molecule has 0 aliphatic carbocycles. The van der Waals surface area contributed by atoms with Crippen molar-refractivity contribution in [1.29, 1.82) is 0 Å². The van der Waals surface area contributed by atoms with E-state index in [0.29, 0.717) is 0 Å². The van der Waals surface area contributed by atoms with E-state index in [9.17, 15) is 13.2 Å². The van der Waals surface area contributed by atoms with Gasteiger partial charge in [0.15, 0.2) is 0 Å². The monoisotopic (exact) mass is 259 g/mol. The van der Waals surface area contributed by atoms with Crippen molar-refractivity contribution >= 4 is 57.3 Å². The number of sulfonamides is 1. The Labute approximate surface area is 114 Å². The predicted molar refractivity (Wildman–Crippen MR) is 56.7 cm³/mol. The first-order valence-electron chi connectivity index (χ1n) is 3.43. The molecular formula is C7H7ClNNaO4S. The molecule has 15 heavy (non-hydrogen) atoms. The van der Waals surface area contributed by atoms with Crippen LogP contribution < -0.4 is 4.24 Å². The van der Waals surface area contributed by atoms with E-state index in [-0.39, 0.29) is 40.0 Å². The summed E-state index contributed by atoms with van der Waals surface area (Å²) in [6, 6.07) is 4.69. The van der Waals surface area contributed by atoms with Gasteiger partial charge < -0.3 is 5.11 Å². The van der Waals surface area contributed by atoms with Crippen molar-refractivity contribution in [2.75, 3.05) is 0 Å². The molecule has 5 nitrogen and oxygen atoms in total. The fourth-order valence-corrected chi connectivity index (χ4v) is 1.67. The zero-order valence-electron chi connectivity index (χ0n) is 6.77. The van der Waals surface area contributed by atoms with Gasteiger partial charge in [0.2, 0.25) is 0 Å². The van der Waals surface area contributed by atoms with Gasteiger partial charge in [-0.15, -0.1) is 4.24 Å². The number of benzene rings is 1. The van der Waals surface area contributed by atoms with Gasteiger partial charge in [0.1, 0.15) is 0 Å². The molecule has 0 saturated heterocycles. The Balaban J connectivity index is 0.00000196. The Bertz CT molecular complexity index is 445. The van der Waals surface area contributed by atoms with Crippen LogP contribution in [-0.2, 0) is 10.0 Å². The topological polar surface area (TPSA) is 83.5 Å². The fourth-order valence-electron chi connectivity index (χ4n) is 0.821. The standard InChI is InChI=1S/C7H6ClNO4S.Na.H/c8-9-14(12,13)6-3-1-5(2-4-6)7(10)11;;/h1-4,9H,(H,10,11);;. The quantitative estimate of drug-likeness (QED) is 0.599. The summed E-state index contributed by atoms with van der Waals surface area (Å²) in [6.45, 7) is 0. The molecule has 0 radical (unpaired) electrons. The number of carboxylic acids is 1. The van der Waals surface area contributed by atoms with Gasteiger partial charge in [0, 0.05) is 0 Å². The van der Waals surface area contributed by atoms with Crippen LogP contribution >= 0.6 is 11.8 Å². The third-order valence-electron chi connectivity index (χ3n) is 1.51. The second-order valence-corrected chi connectivity index (χ2v) is 4.51. The molecule has 0 spiro atoms. The molecule has 0 unspecified atom stereocenters. The molecule has 0 aliphatic heterocycles. The molecule has 2 N–H and O–H groups in total. The van der Waals surface area contributed by atoms with Crippen molar-refractivity contribution in [1.82, 2.24) is 4.24 Å². The average Bonchev–Trinajstić information content (AvgIpc) is 2.18. The van der Waals surface area contributed by atoms with Gasteiger partial charge in [-0.25, -0.2) is 13.2 Å². The van der Waals surface area contributed by atoms with E-state index in [0.717, 1.165) is 12.1 Å². The third-order valence-corrected chi connectivity index (χ3v) is 3.22. The molecule has 1 aromatic carbocycles. The molecule has 0 bridgehead atoms. The first kappa shape index (κ1) is 14.9. The van der Waals surface area contributed by atoms with E-state index in [4.69, 9.17) is 16.9 Å². The predicted octanol–water partition coefficient (Wildman–Crippen LogP) is 0.168. The van der Waals surface area contributed by atoms with Gasteiger partial charge in [-0.05, 0) is 36.0 Å². The van der Waals surface area contributed by atoms with Gasteiger partial charge in [-0.2, -0.15) is 0 Å². The maximum absolute atomic E-state index is 11.1. The van der Waals surface area contributed by atoms with Gasteiger partial charge in [0.05, 0.1) is 10.5 Å². The molecule has 0 atom stereocenters.